The Balaban J connectivity index is 2.66. The lowest BCUT2D eigenvalue weighted by molar-refractivity contribution is 0.501. The van der Waals surface area contributed by atoms with Crippen LogP contribution in [0.1, 0.15) is 0 Å². The third-order valence-electron chi connectivity index (χ3n) is 2.00. The summed E-state index contributed by atoms with van der Waals surface area (Å²) in [7, 11) is 1.58. The molecule has 0 radical (unpaired) electrons. The second kappa shape index (κ2) is 2.73. The molecule has 0 amide bonds. The molecule has 74 valence electrons. The molecule has 0 aliphatic heterocycles. The number of nitrogens with zero attached hydrogens (tertiary/aromatic N) is 3. The van der Waals surface area contributed by atoms with Crippen molar-refractivity contribution in [1.82, 2.24) is 14.8 Å². The summed E-state index contributed by atoms with van der Waals surface area (Å²) in [6, 6.07) is 1.06. The number of hydrogen-bond acceptors (Lipinski definition) is 2. The number of aromatic nitrogens is 3. The second-order valence-electron chi connectivity index (χ2n) is 3.02. The summed E-state index contributed by atoms with van der Waals surface area (Å²) < 4.78 is 38.4. The number of fused-ring (bicyclic) bond motifs is 1. The summed E-state index contributed by atoms with van der Waals surface area (Å²) in [5.74, 6) is 0. The highest BCUT2D eigenvalue weighted by Gasteiger charge is 2.26. The van der Waals surface area contributed by atoms with Crippen LogP contribution in [0, 0.1) is 0 Å². The molecule has 0 unspecified atom stereocenters. The molecule has 0 bridgehead atoms. The van der Waals surface area contributed by atoms with Crippen LogP contribution in [-0.2, 0) is 7.05 Å². The fourth-order valence-corrected chi connectivity index (χ4v) is 1.22. The molecule has 0 N–H and O–H groups in total. The zero-order valence-corrected chi connectivity index (χ0v) is 7.28. The van der Waals surface area contributed by atoms with Gasteiger partial charge < -0.3 is 12.9 Å². The molecule has 0 saturated carbocycles. The van der Waals surface area contributed by atoms with Gasteiger partial charge in [0.2, 0.25) is 0 Å². The average molecular weight is 200 g/mol. The normalized spacial score (nSPS) is 12.3. The van der Waals surface area contributed by atoms with Gasteiger partial charge in [-0.3, -0.25) is 9.67 Å². The average Bonchev–Trinajstić information content (AvgIpc) is 2.46. The maximum absolute atomic E-state index is 12.3. The molecule has 0 aromatic carbocycles. The maximum Gasteiger partial charge on any atom is 0.511 e. The van der Waals surface area contributed by atoms with Crippen molar-refractivity contribution in [2.75, 3.05) is 0 Å². The Hall–Kier alpha value is -1.53. The van der Waals surface area contributed by atoms with Gasteiger partial charge >= 0.3 is 6.98 Å². The van der Waals surface area contributed by atoms with Crippen LogP contribution in [0.5, 0.6) is 0 Å². The van der Waals surface area contributed by atoms with E-state index in [0.717, 1.165) is 12.3 Å². The highest BCUT2D eigenvalue weighted by atomic mass is 19.4. The molecule has 2 heterocycles. The monoisotopic (exact) mass is 200 g/mol. The quantitative estimate of drug-likeness (QED) is 0.643. The highest BCUT2D eigenvalue weighted by molar-refractivity contribution is 6.73. The third kappa shape index (κ3) is 1.34. The van der Waals surface area contributed by atoms with Gasteiger partial charge in [-0.2, -0.15) is 5.10 Å². The lowest BCUT2D eigenvalue weighted by Gasteiger charge is -2.13. The zero-order valence-electron chi connectivity index (χ0n) is 7.28. The van der Waals surface area contributed by atoms with Crippen molar-refractivity contribution >= 4 is 23.5 Å². The Morgan fingerprint density at radius 3 is 2.64 bits per heavy atom. The van der Waals surface area contributed by atoms with Gasteiger partial charge in [-0.1, -0.05) is 11.5 Å². The Morgan fingerprint density at radius 1 is 1.29 bits per heavy atom. The minimum absolute atomic E-state index is 0.390. The summed E-state index contributed by atoms with van der Waals surface area (Å²) in [5, 5.41) is 3.81. The molecule has 14 heavy (non-hydrogen) atoms. The van der Waals surface area contributed by atoms with Crippen LogP contribution in [0.15, 0.2) is 18.5 Å². The fraction of sp³-hybridized carbons (Fsp3) is 0.143. The molecule has 0 fully saturated rings. The van der Waals surface area contributed by atoms with Crippen LogP contribution in [0.3, 0.4) is 0 Å². The van der Waals surface area contributed by atoms with Gasteiger partial charge in [0.15, 0.2) is 0 Å². The zero-order chi connectivity index (χ0) is 10.3. The fourth-order valence-electron chi connectivity index (χ4n) is 1.22. The molecule has 0 aliphatic rings. The van der Waals surface area contributed by atoms with E-state index in [-0.39, 0.29) is 0 Å². The molecule has 2 rings (SSSR count). The largest absolute Gasteiger partial charge is 0.511 e. The second-order valence-corrected chi connectivity index (χ2v) is 3.02. The predicted octanol–water partition coefficient (Wildman–Crippen LogP) is 1.02. The SMILES string of the molecule is Cn1ncc2ncc([B-](F)(F)F)cc21. The number of pyridine rings is 1. The minimum Gasteiger partial charge on any atom is -0.445 e. The smallest absolute Gasteiger partial charge is 0.445 e. The molecule has 0 spiro atoms. The first-order chi connectivity index (χ1) is 6.48. The molecule has 0 saturated heterocycles. The van der Waals surface area contributed by atoms with Gasteiger partial charge in [0.25, 0.3) is 0 Å². The third-order valence-corrected chi connectivity index (χ3v) is 2.00. The van der Waals surface area contributed by atoms with Crippen molar-refractivity contribution in [3.05, 3.63) is 18.5 Å². The van der Waals surface area contributed by atoms with Crippen molar-refractivity contribution in [3.8, 4) is 0 Å². The molecular weight excluding hydrogens is 194 g/mol. The first-order valence-corrected chi connectivity index (χ1v) is 3.96. The van der Waals surface area contributed by atoms with Gasteiger partial charge in [0.05, 0.1) is 11.7 Å². The van der Waals surface area contributed by atoms with Gasteiger partial charge in [-0.15, -0.1) is 0 Å². The van der Waals surface area contributed by atoms with Gasteiger partial charge in [-0.25, -0.2) is 0 Å². The Morgan fingerprint density at radius 2 is 2.00 bits per heavy atom. The van der Waals surface area contributed by atoms with E-state index in [9.17, 15) is 12.9 Å². The van der Waals surface area contributed by atoms with Gasteiger partial charge in [0.1, 0.15) is 5.52 Å². The molecule has 7 heteroatoms. The Kier molecular flexibility index (Phi) is 1.76. The van der Waals surface area contributed by atoms with E-state index in [0.29, 0.717) is 11.0 Å². The summed E-state index contributed by atoms with van der Waals surface area (Å²) in [5.41, 5.74) is 0.166. The first kappa shape index (κ1) is 9.05. The molecule has 2 aromatic rings. The Labute approximate surface area is 77.6 Å². The molecular formula is C7H6BF3N3-. The van der Waals surface area contributed by atoms with E-state index in [4.69, 9.17) is 0 Å². The summed E-state index contributed by atoms with van der Waals surface area (Å²) in [6.45, 7) is -4.98. The number of hydrogen-bond donors (Lipinski definition) is 0. The van der Waals surface area contributed by atoms with Crippen LogP contribution < -0.4 is 5.46 Å². The van der Waals surface area contributed by atoms with E-state index < -0.39 is 12.4 Å². The topological polar surface area (TPSA) is 30.7 Å². The maximum atomic E-state index is 12.3. The molecule has 0 atom stereocenters. The van der Waals surface area contributed by atoms with Crippen LogP contribution in [0.4, 0.5) is 12.9 Å². The number of aryl methyl sites for hydroxylation is 1. The van der Waals surface area contributed by atoms with E-state index >= 15 is 0 Å². The van der Waals surface area contributed by atoms with Crippen molar-refractivity contribution < 1.29 is 12.9 Å². The summed E-state index contributed by atoms with van der Waals surface area (Å²) in [6.07, 6.45) is 2.27. The van der Waals surface area contributed by atoms with Crippen LogP contribution >= 0.6 is 0 Å². The summed E-state index contributed by atoms with van der Waals surface area (Å²) in [4.78, 5) is 3.68. The number of halogens is 3. The first-order valence-electron chi connectivity index (χ1n) is 3.96. The van der Waals surface area contributed by atoms with E-state index in [1.807, 2.05) is 0 Å². The molecule has 3 nitrogen and oxygen atoms in total. The van der Waals surface area contributed by atoms with Crippen molar-refractivity contribution in [2.45, 2.75) is 0 Å². The molecule has 2 aromatic heterocycles. The predicted molar refractivity (Wildman–Crippen MR) is 47.2 cm³/mol. The van der Waals surface area contributed by atoms with Gasteiger partial charge in [0, 0.05) is 13.2 Å². The molecule has 0 aliphatic carbocycles. The lowest BCUT2D eigenvalue weighted by atomic mass is 9.81. The Bertz CT molecular complexity index is 476. The standard InChI is InChI=1S/C7H6BF3N3/c1-14-7-2-5(8(9,10)11)3-12-6(7)4-13-14/h2-4H,1H3/q-1. The lowest BCUT2D eigenvalue weighted by Crippen LogP contribution is -2.34. The van der Waals surface area contributed by atoms with E-state index in [1.165, 1.54) is 10.9 Å². The van der Waals surface area contributed by atoms with Crippen LogP contribution in [-0.4, -0.2) is 21.7 Å². The van der Waals surface area contributed by atoms with Crippen LogP contribution in [0.2, 0.25) is 0 Å². The van der Waals surface area contributed by atoms with E-state index in [2.05, 4.69) is 10.1 Å². The number of rotatable bonds is 1. The van der Waals surface area contributed by atoms with Crippen molar-refractivity contribution in [1.29, 1.82) is 0 Å². The highest BCUT2D eigenvalue weighted by Crippen LogP contribution is 2.12. The van der Waals surface area contributed by atoms with Gasteiger partial charge in [-0.05, 0) is 0 Å². The summed E-state index contributed by atoms with van der Waals surface area (Å²) >= 11 is 0. The van der Waals surface area contributed by atoms with Crippen LogP contribution in [0.25, 0.3) is 11.0 Å². The van der Waals surface area contributed by atoms with Crippen molar-refractivity contribution in [2.24, 2.45) is 7.05 Å². The minimum atomic E-state index is -4.98. The van der Waals surface area contributed by atoms with E-state index in [1.54, 1.807) is 7.05 Å². The van der Waals surface area contributed by atoms with Crippen molar-refractivity contribution in [3.63, 3.8) is 0 Å².